The van der Waals surface area contributed by atoms with Crippen LogP contribution in [0.5, 0.6) is 0 Å². The van der Waals surface area contributed by atoms with Gasteiger partial charge < -0.3 is 10.6 Å². The quantitative estimate of drug-likeness (QED) is 0.180. The zero-order valence-corrected chi connectivity index (χ0v) is 10.4. The van der Waals surface area contributed by atoms with Gasteiger partial charge in [0.15, 0.2) is 5.03 Å². The lowest BCUT2D eigenvalue weighted by Crippen LogP contribution is -2.35. The lowest BCUT2D eigenvalue weighted by Gasteiger charge is -2.13. The maximum absolute atomic E-state index is 10.3. The predicted molar refractivity (Wildman–Crippen MR) is 61.5 cm³/mol. The van der Waals surface area contributed by atoms with Crippen LogP contribution in [0.15, 0.2) is 10.4 Å². The van der Waals surface area contributed by atoms with Crippen molar-refractivity contribution in [3.05, 3.63) is 19.9 Å². The fourth-order valence-electron chi connectivity index (χ4n) is 0.869. The van der Waals surface area contributed by atoms with Gasteiger partial charge in [-0.25, -0.2) is 20.5 Å². The van der Waals surface area contributed by atoms with E-state index in [-0.39, 0.29) is 6.54 Å². The lowest BCUT2D eigenvalue weighted by atomic mass is 10.4. The summed E-state index contributed by atoms with van der Waals surface area (Å²) in [6.45, 7) is 0.919. The maximum Gasteiger partial charge on any atom is 0.472 e. The Morgan fingerprint density at radius 1 is 1.32 bits per heavy atom. The molecule has 13 nitrogen and oxygen atoms in total. The van der Waals surface area contributed by atoms with Gasteiger partial charge in [0.2, 0.25) is 0 Å². The number of hydrogen-bond donors (Lipinski definition) is 3. The van der Waals surface area contributed by atoms with Crippen molar-refractivity contribution in [1.82, 2.24) is 9.91 Å². The first kappa shape index (κ1) is 18.8. The number of nitrogens with zero attached hydrogens (tertiary/aromatic N) is 6. The van der Waals surface area contributed by atoms with E-state index >= 15 is 0 Å². The summed E-state index contributed by atoms with van der Waals surface area (Å²) in [6, 6.07) is 0. The Kier molecular flexibility index (Phi) is 10.5. The van der Waals surface area contributed by atoms with Gasteiger partial charge in [0.05, 0.1) is 5.29 Å². The largest absolute Gasteiger partial charge is 0.472 e. The Hall–Kier alpha value is -2.57. The fraction of sp³-hybridized carbons (Fsp3) is 0.833. The van der Waals surface area contributed by atoms with Crippen LogP contribution >= 0.6 is 0 Å². The molecule has 0 fully saturated rings. The van der Waals surface area contributed by atoms with E-state index in [1.807, 2.05) is 19.0 Å². The minimum atomic E-state index is -1.25. The van der Waals surface area contributed by atoms with Gasteiger partial charge in [-0.15, -0.1) is 4.91 Å². The van der Waals surface area contributed by atoms with Crippen molar-refractivity contribution in [3.63, 3.8) is 0 Å². The van der Waals surface area contributed by atoms with Crippen molar-refractivity contribution < 1.29 is 20.5 Å². The first-order valence-corrected chi connectivity index (χ1v) is 4.79. The molecule has 0 aliphatic carbocycles. The van der Waals surface area contributed by atoms with E-state index in [4.69, 9.17) is 21.1 Å². The van der Waals surface area contributed by atoms with Crippen molar-refractivity contribution in [2.75, 3.05) is 27.2 Å². The summed E-state index contributed by atoms with van der Waals surface area (Å²) >= 11 is 0. The fourth-order valence-corrected chi connectivity index (χ4v) is 0.869. The van der Waals surface area contributed by atoms with Gasteiger partial charge in [-0.05, 0) is 27.1 Å². The minimum absolute atomic E-state index is 0.199. The van der Waals surface area contributed by atoms with Crippen LogP contribution in [-0.4, -0.2) is 63.6 Å². The molecule has 0 radical (unpaired) electrons. The first-order valence-electron chi connectivity index (χ1n) is 4.79. The average Bonchev–Trinajstić information content (AvgIpc) is 2.21. The molecule has 0 spiro atoms. The molecule has 0 saturated carbocycles. The van der Waals surface area contributed by atoms with Gasteiger partial charge in [0, 0.05) is 6.54 Å². The van der Waals surface area contributed by atoms with Crippen molar-refractivity contribution in [2.45, 2.75) is 6.42 Å². The van der Waals surface area contributed by atoms with Crippen LogP contribution in [0, 0.1) is 19.9 Å². The number of nitro groups is 1. The molecule has 0 atom stereocenters. The van der Waals surface area contributed by atoms with E-state index in [1.165, 1.54) is 0 Å². The number of guanidine groups is 1. The van der Waals surface area contributed by atoms with Gasteiger partial charge in [-0.3, -0.25) is 0 Å². The molecular weight excluding hydrogens is 266 g/mol. The van der Waals surface area contributed by atoms with Gasteiger partial charge in [-0.1, -0.05) is 0 Å². The Bertz CT molecular complexity index is 328. The van der Waals surface area contributed by atoms with E-state index in [1.54, 1.807) is 0 Å². The number of nitroso groups, excluding NO2 is 1. The molecule has 13 heteroatoms. The Morgan fingerprint density at radius 3 is 2.11 bits per heavy atom. The molecular formula is C6H16N7O6+. The average molecular weight is 282 g/mol. The summed E-state index contributed by atoms with van der Waals surface area (Å²) in [7, 11) is 3.74. The SMILES string of the molecule is CN(C)CCCN(N=O)/C(N)=N/[N+](=O)[O-].O=[N+](O)O. The van der Waals surface area contributed by atoms with E-state index < -0.39 is 16.1 Å². The molecule has 0 aromatic carbocycles. The van der Waals surface area contributed by atoms with Gasteiger partial charge in [-0.2, -0.15) is 5.01 Å². The van der Waals surface area contributed by atoms with Crippen LogP contribution < -0.4 is 5.73 Å². The molecule has 0 heterocycles. The summed E-state index contributed by atoms with van der Waals surface area (Å²) in [5, 5.41) is 27.6. The highest BCUT2D eigenvalue weighted by Gasteiger charge is 2.11. The zero-order valence-electron chi connectivity index (χ0n) is 10.4. The van der Waals surface area contributed by atoms with Crippen molar-refractivity contribution in [1.29, 1.82) is 0 Å². The van der Waals surface area contributed by atoms with Crippen molar-refractivity contribution in [3.8, 4) is 0 Å². The summed E-state index contributed by atoms with van der Waals surface area (Å²) < 4.78 is 0. The topological polar surface area (TPSA) is 178 Å². The van der Waals surface area contributed by atoms with Crippen LogP contribution in [0.2, 0.25) is 0 Å². The molecule has 0 aliphatic heterocycles. The molecule has 4 N–H and O–H groups in total. The standard InChI is InChI=1S/C6H14N6O3.H2NO3/c1-10(2)4-3-5-11(9-13)6(7)8-12(14)15;2-1(3)4/h3-5H2,1-2H3,(H2,7,8);(H2,2,3,4)/q;+1. The van der Waals surface area contributed by atoms with E-state index in [0.29, 0.717) is 6.42 Å². The third-order valence-electron chi connectivity index (χ3n) is 1.52. The molecule has 110 valence electrons. The van der Waals surface area contributed by atoms with Crippen LogP contribution in [0.3, 0.4) is 0 Å². The Balaban J connectivity index is 0. The first-order chi connectivity index (χ1) is 8.70. The van der Waals surface area contributed by atoms with Crippen LogP contribution in [0.4, 0.5) is 0 Å². The van der Waals surface area contributed by atoms with Gasteiger partial charge in [0.1, 0.15) is 10.0 Å². The zero-order chi connectivity index (χ0) is 15.4. The number of nitrogens with two attached hydrogens (primary N) is 1. The summed E-state index contributed by atoms with van der Waals surface area (Å²) in [4.78, 5) is 30.6. The number of hydrogen-bond acceptors (Lipinski definition) is 6. The Labute approximate surface area is 107 Å². The normalized spacial score (nSPS) is 10.4. The third kappa shape index (κ3) is 15.4. The van der Waals surface area contributed by atoms with E-state index in [9.17, 15) is 15.0 Å². The number of hydrazone groups is 1. The monoisotopic (exact) mass is 282 g/mol. The molecule has 0 unspecified atom stereocenters. The highest BCUT2D eigenvalue weighted by Crippen LogP contribution is 1.93. The van der Waals surface area contributed by atoms with Gasteiger partial charge in [0.25, 0.3) is 5.96 Å². The van der Waals surface area contributed by atoms with Crippen molar-refractivity contribution >= 4 is 5.96 Å². The second kappa shape index (κ2) is 10.6. The molecule has 0 bridgehead atoms. The van der Waals surface area contributed by atoms with E-state index in [2.05, 4.69) is 10.4 Å². The molecule has 19 heavy (non-hydrogen) atoms. The molecule has 0 saturated heterocycles. The van der Waals surface area contributed by atoms with Crippen molar-refractivity contribution in [2.24, 2.45) is 16.1 Å². The summed E-state index contributed by atoms with van der Waals surface area (Å²) in [5.41, 5.74) is 5.17. The highest BCUT2D eigenvalue weighted by molar-refractivity contribution is 5.76. The lowest BCUT2D eigenvalue weighted by molar-refractivity contribution is -0.969. The molecule has 0 rings (SSSR count). The summed E-state index contributed by atoms with van der Waals surface area (Å²) in [5.74, 6) is -0.506. The van der Waals surface area contributed by atoms with E-state index in [0.717, 1.165) is 11.6 Å². The molecule has 0 aromatic rings. The van der Waals surface area contributed by atoms with Gasteiger partial charge >= 0.3 is 5.09 Å². The highest BCUT2D eigenvalue weighted by atomic mass is 16.9. The van der Waals surface area contributed by atoms with Crippen LogP contribution in [0.25, 0.3) is 0 Å². The molecule has 0 aromatic heterocycles. The maximum atomic E-state index is 10.3. The smallest absolute Gasteiger partial charge is 0.363 e. The minimum Gasteiger partial charge on any atom is -0.363 e. The second-order valence-electron chi connectivity index (χ2n) is 3.31. The Morgan fingerprint density at radius 2 is 1.79 bits per heavy atom. The van der Waals surface area contributed by atoms with Crippen LogP contribution in [0.1, 0.15) is 6.42 Å². The third-order valence-corrected chi connectivity index (χ3v) is 1.52. The predicted octanol–water partition coefficient (Wildman–Crippen LogP) is -1.03. The molecule has 0 amide bonds. The summed E-state index contributed by atoms with van der Waals surface area (Å²) in [6.07, 6.45) is 0.604. The second-order valence-corrected chi connectivity index (χ2v) is 3.31. The van der Waals surface area contributed by atoms with Crippen LogP contribution in [-0.2, 0) is 0 Å². The molecule has 0 aliphatic rings. The number of rotatable bonds is 6.